The van der Waals surface area contributed by atoms with Crippen molar-refractivity contribution in [2.45, 2.75) is 102 Å². The smallest absolute Gasteiger partial charge is 0.190 e. The summed E-state index contributed by atoms with van der Waals surface area (Å²) in [4.78, 5) is 0. The lowest BCUT2D eigenvalue weighted by atomic mass is 9.91. The largest absolute Gasteiger partial charge is 0.387 e. The lowest BCUT2D eigenvalue weighted by Crippen LogP contribution is -2.46. The van der Waals surface area contributed by atoms with Crippen molar-refractivity contribution < 1.29 is 28.8 Å². The van der Waals surface area contributed by atoms with E-state index in [2.05, 4.69) is 27.7 Å². The van der Waals surface area contributed by atoms with Crippen molar-refractivity contribution in [3.05, 3.63) is 0 Å². The van der Waals surface area contributed by atoms with Crippen LogP contribution in [0.2, 0.25) is 0 Å². The Balaban J connectivity index is 1.43. The fourth-order valence-electron chi connectivity index (χ4n) is 4.95. The molecule has 0 radical (unpaired) electrons. The molecule has 144 valence electrons. The third kappa shape index (κ3) is 2.86. The summed E-state index contributed by atoms with van der Waals surface area (Å²) >= 11 is 0. The van der Waals surface area contributed by atoms with Crippen LogP contribution in [0.5, 0.6) is 0 Å². The van der Waals surface area contributed by atoms with Crippen LogP contribution >= 0.6 is 0 Å². The van der Waals surface area contributed by atoms with E-state index in [0.29, 0.717) is 6.61 Å². The molecule has 1 aliphatic carbocycles. The first-order chi connectivity index (χ1) is 11.9. The summed E-state index contributed by atoms with van der Waals surface area (Å²) in [5.41, 5.74) is 0. The third-order valence-electron chi connectivity index (χ3n) is 6.31. The molecule has 1 spiro atoms. The molecule has 6 nitrogen and oxygen atoms in total. The molecular formula is C19H32O6. The van der Waals surface area contributed by atoms with Crippen LogP contribution in [0.4, 0.5) is 0 Å². The highest BCUT2D eigenvalue weighted by Gasteiger charge is 2.61. The predicted molar refractivity (Wildman–Crippen MR) is 89.7 cm³/mol. The number of aliphatic hydroxyl groups is 1. The summed E-state index contributed by atoms with van der Waals surface area (Å²) in [7, 11) is 0. The Hall–Kier alpha value is -0.240. The van der Waals surface area contributed by atoms with Gasteiger partial charge in [-0.15, -0.1) is 0 Å². The van der Waals surface area contributed by atoms with Crippen molar-refractivity contribution in [1.29, 1.82) is 0 Å². The average Bonchev–Trinajstić information content (AvgIpc) is 3.22. The molecule has 0 unspecified atom stereocenters. The van der Waals surface area contributed by atoms with E-state index < -0.39 is 36.2 Å². The van der Waals surface area contributed by atoms with E-state index in [0.717, 1.165) is 25.7 Å². The fraction of sp³-hybridized carbons (Fsp3) is 1.00. The standard InChI is InChI=1S/C19H32O6/c1-11(2)19(12(3)4)21-10-13(23-19)15-14(20)16-17(22-15)25-18(24-16)8-6-5-7-9-18/h11-17,20H,5-10H2,1-4H3/t13-,14+,15-,16-,17-/m1/s1. The minimum Gasteiger partial charge on any atom is -0.387 e. The lowest BCUT2D eigenvalue weighted by molar-refractivity contribution is -0.266. The zero-order valence-corrected chi connectivity index (χ0v) is 15.8. The highest BCUT2D eigenvalue weighted by atomic mass is 16.8. The van der Waals surface area contributed by atoms with Gasteiger partial charge in [0.05, 0.1) is 6.61 Å². The molecule has 4 rings (SSSR count). The predicted octanol–water partition coefficient (Wildman–Crippen LogP) is 2.57. The SMILES string of the molecule is CC(C)C1(C(C)C)OC[C@H]([C@H]2O[C@@H]3OC4(CCCCC4)O[C@@H]3[C@H]2O)O1. The van der Waals surface area contributed by atoms with Crippen molar-refractivity contribution >= 4 is 0 Å². The van der Waals surface area contributed by atoms with Crippen LogP contribution in [0.15, 0.2) is 0 Å². The Morgan fingerprint density at radius 3 is 2.12 bits per heavy atom. The van der Waals surface area contributed by atoms with E-state index in [1.807, 2.05) is 0 Å². The van der Waals surface area contributed by atoms with Gasteiger partial charge in [-0.25, -0.2) is 0 Å². The summed E-state index contributed by atoms with van der Waals surface area (Å²) in [5.74, 6) is -0.744. The van der Waals surface area contributed by atoms with Crippen molar-refractivity contribution in [2.75, 3.05) is 6.61 Å². The molecule has 6 heteroatoms. The minimum atomic E-state index is -0.755. The second kappa shape index (κ2) is 6.43. The van der Waals surface area contributed by atoms with Crippen molar-refractivity contribution in [2.24, 2.45) is 11.8 Å². The molecule has 5 atom stereocenters. The Morgan fingerprint density at radius 2 is 1.56 bits per heavy atom. The molecule has 0 aromatic rings. The first kappa shape index (κ1) is 18.1. The monoisotopic (exact) mass is 356 g/mol. The molecule has 0 aromatic carbocycles. The summed E-state index contributed by atoms with van der Waals surface area (Å²) in [6, 6.07) is 0. The molecule has 4 fully saturated rings. The van der Waals surface area contributed by atoms with Crippen LogP contribution in [0.3, 0.4) is 0 Å². The molecule has 0 bridgehead atoms. The number of hydrogen-bond donors (Lipinski definition) is 1. The molecule has 0 amide bonds. The Kier molecular flexibility index (Phi) is 4.66. The van der Waals surface area contributed by atoms with Crippen LogP contribution in [0.1, 0.15) is 59.8 Å². The van der Waals surface area contributed by atoms with Crippen LogP contribution in [0.25, 0.3) is 0 Å². The van der Waals surface area contributed by atoms with Gasteiger partial charge in [-0.05, 0) is 12.8 Å². The van der Waals surface area contributed by atoms with E-state index >= 15 is 0 Å². The van der Waals surface area contributed by atoms with Crippen molar-refractivity contribution in [3.8, 4) is 0 Å². The molecule has 25 heavy (non-hydrogen) atoms. The number of rotatable bonds is 3. The third-order valence-corrected chi connectivity index (χ3v) is 6.31. The van der Waals surface area contributed by atoms with Gasteiger partial charge in [0.1, 0.15) is 24.4 Å². The van der Waals surface area contributed by atoms with Gasteiger partial charge < -0.3 is 28.8 Å². The summed E-state index contributed by atoms with van der Waals surface area (Å²) in [6.45, 7) is 8.82. The average molecular weight is 356 g/mol. The van der Waals surface area contributed by atoms with Crippen LogP contribution in [-0.4, -0.2) is 54.0 Å². The van der Waals surface area contributed by atoms with Crippen molar-refractivity contribution in [1.82, 2.24) is 0 Å². The zero-order valence-electron chi connectivity index (χ0n) is 15.8. The molecule has 3 aliphatic heterocycles. The highest BCUT2D eigenvalue weighted by Crippen LogP contribution is 2.47. The highest BCUT2D eigenvalue weighted by molar-refractivity contribution is 5.00. The van der Waals surface area contributed by atoms with Gasteiger partial charge in [-0.1, -0.05) is 34.1 Å². The molecule has 1 saturated carbocycles. The van der Waals surface area contributed by atoms with Gasteiger partial charge in [-0.3, -0.25) is 0 Å². The Bertz CT molecular complexity index is 478. The normalized spacial score (nSPS) is 42.6. The Labute approximate surface area is 150 Å². The summed E-state index contributed by atoms with van der Waals surface area (Å²) in [5, 5.41) is 10.8. The van der Waals surface area contributed by atoms with E-state index in [1.54, 1.807) is 0 Å². The first-order valence-electron chi connectivity index (χ1n) is 9.88. The summed E-state index contributed by atoms with van der Waals surface area (Å²) < 4.78 is 30.7. The molecule has 4 aliphatic rings. The second-order valence-electron chi connectivity index (χ2n) is 8.63. The second-order valence-corrected chi connectivity index (χ2v) is 8.63. The Morgan fingerprint density at radius 1 is 0.880 bits per heavy atom. The molecule has 1 N–H and O–H groups in total. The topological polar surface area (TPSA) is 66.4 Å². The maximum atomic E-state index is 10.8. The maximum absolute atomic E-state index is 10.8. The van der Waals surface area contributed by atoms with Crippen LogP contribution < -0.4 is 0 Å². The number of hydrogen-bond acceptors (Lipinski definition) is 6. The number of aliphatic hydroxyl groups excluding tert-OH is 1. The first-order valence-corrected chi connectivity index (χ1v) is 9.88. The lowest BCUT2D eigenvalue weighted by Gasteiger charge is -2.37. The molecular weight excluding hydrogens is 324 g/mol. The summed E-state index contributed by atoms with van der Waals surface area (Å²) in [6.07, 6.45) is 2.71. The number of fused-ring (bicyclic) bond motifs is 1. The minimum absolute atomic E-state index is 0.216. The quantitative estimate of drug-likeness (QED) is 0.838. The van der Waals surface area contributed by atoms with Gasteiger partial charge in [-0.2, -0.15) is 0 Å². The molecule has 3 saturated heterocycles. The zero-order chi connectivity index (χ0) is 17.8. The van der Waals surface area contributed by atoms with E-state index in [-0.39, 0.29) is 17.9 Å². The van der Waals surface area contributed by atoms with Gasteiger partial charge in [0.15, 0.2) is 17.9 Å². The van der Waals surface area contributed by atoms with Gasteiger partial charge >= 0.3 is 0 Å². The number of ether oxygens (including phenoxy) is 5. The van der Waals surface area contributed by atoms with Gasteiger partial charge in [0, 0.05) is 24.7 Å². The van der Waals surface area contributed by atoms with Gasteiger partial charge in [0.2, 0.25) is 0 Å². The van der Waals surface area contributed by atoms with Crippen LogP contribution in [0, 0.1) is 11.8 Å². The van der Waals surface area contributed by atoms with Crippen LogP contribution in [-0.2, 0) is 23.7 Å². The fourth-order valence-corrected chi connectivity index (χ4v) is 4.95. The van der Waals surface area contributed by atoms with Crippen molar-refractivity contribution in [3.63, 3.8) is 0 Å². The van der Waals surface area contributed by atoms with E-state index in [9.17, 15) is 5.11 Å². The molecule has 0 aromatic heterocycles. The maximum Gasteiger partial charge on any atom is 0.190 e. The van der Waals surface area contributed by atoms with E-state index in [1.165, 1.54) is 6.42 Å². The van der Waals surface area contributed by atoms with Gasteiger partial charge in [0.25, 0.3) is 0 Å². The van der Waals surface area contributed by atoms with E-state index in [4.69, 9.17) is 23.7 Å². The molecule has 3 heterocycles.